The third-order valence-corrected chi connectivity index (χ3v) is 4.16. The second kappa shape index (κ2) is 6.36. The fourth-order valence-corrected chi connectivity index (χ4v) is 2.77. The first-order valence-corrected chi connectivity index (χ1v) is 6.44. The van der Waals surface area contributed by atoms with Crippen molar-refractivity contribution in [1.29, 1.82) is 5.26 Å². The highest BCUT2D eigenvalue weighted by Gasteiger charge is 2.14. The van der Waals surface area contributed by atoms with Crippen molar-refractivity contribution in [3.8, 4) is 6.07 Å². The Kier molecular flexibility index (Phi) is 5.06. The van der Waals surface area contributed by atoms with E-state index in [9.17, 15) is 4.21 Å². The Balaban J connectivity index is 2.59. The van der Waals surface area contributed by atoms with Crippen molar-refractivity contribution in [1.82, 2.24) is 0 Å². The number of hydrogen-bond acceptors (Lipinski definition) is 2. The maximum absolute atomic E-state index is 11.9. The van der Waals surface area contributed by atoms with Crippen LogP contribution in [0.15, 0.2) is 30.3 Å². The van der Waals surface area contributed by atoms with Crippen LogP contribution in [0, 0.1) is 11.3 Å². The molecule has 0 fully saturated rings. The fourth-order valence-electron chi connectivity index (χ4n) is 1.38. The average Bonchev–Trinajstić information content (AvgIpc) is 2.27. The molecule has 0 bridgehead atoms. The second-order valence-corrected chi connectivity index (χ2v) is 5.12. The second-order valence-electron chi connectivity index (χ2n) is 3.40. The summed E-state index contributed by atoms with van der Waals surface area (Å²) < 4.78 is 11.9. The highest BCUT2D eigenvalue weighted by Crippen LogP contribution is 2.12. The molecule has 0 saturated heterocycles. The highest BCUT2D eigenvalue weighted by molar-refractivity contribution is 7.84. The standard InChI is InChI=1S/C12H15NOS/c1-2-12(8-9-13)15(14)10-11-6-4-3-5-7-11/h3-7,12H,2,8,10H2,1H3. The summed E-state index contributed by atoms with van der Waals surface area (Å²) >= 11 is 0. The minimum absolute atomic E-state index is 0.00945. The van der Waals surface area contributed by atoms with Crippen LogP contribution in [0.5, 0.6) is 0 Å². The summed E-state index contributed by atoms with van der Waals surface area (Å²) in [4.78, 5) is 0. The molecule has 0 heterocycles. The number of nitriles is 1. The predicted molar refractivity (Wildman–Crippen MR) is 62.6 cm³/mol. The van der Waals surface area contributed by atoms with Crippen LogP contribution >= 0.6 is 0 Å². The van der Waals surface area contributed by atoms with Gasteiger partial charge in [0.2, 0.25) is 0 Å². The van der Waals surface area contributed by atoms with E-state index in [1.807, 2.05) is 37.3 Å². The number of nitrogens with zero attached hydrogens (tertiary/aromatic N) is 1. The van der Waals surface area contributed by atoms with Crippen LogP contribution in [0.1, 0.15) is 25.3 Å². The van der Waals surface area contributed by atoms with E-state index in [4.69, 9.17) is 5.26 Å². The molecule has 0 N–H and O–H groups in total. The van der Waals surface area contributed by atoms with Gasteiger partial charge in [0.25, 0.3) is 0 Å². The van der Waals surface area contributed by atoms with E-state index in [-0.39, 0.29) is 5.25 Å². The molecule has 0 spiro atoms. The van der Waals surface area contributed by atoms with Gasteiger partial charge >= 0.3 is 0 Å². The maximum Gasteiger partial charge on any atom is 0.0634 e. The van der Waals surface area contributed by atoms with Crippen molar-refractivity contribution in [2.45, 2.75) is 30.8 Å². The summed E-state index contributed by atoms with van der Waals surface area (Å²) in [6.45, 7) is 1.98. The zero-order valence-electron chi connectivity index (χ0n) is 8.85. The summed E-state index contributed by atoms with van der Waals surface area (Å²) in [5.74, 6) is 0.557. The molecular weight excluding hydrogens is 206 g/mol. The van der Waals surface area contributed by atoms with Crippen molar-refractivity contribution < 1.29 is 4.21 Å². The lowest BCUT2D eigenvalue weighted by atomic mass is 10.2. The molecule has 15 heavy (non-hydrogen) atoms. The molecule has 0 amide bonds. The predicted octanol–water partition coefficient (Wildman–Crippen LogP) is 2.63. The van der Waals surface area contributed by atoms with Crippen LogP contribution in [0.25, 0.3) is 0 Å². The van der Waals surface area contributed by atoms with Gasteiger partial charge < -0.3 is 0 Å². The molecule has 0 aliphatic rings. The van der Waals surface area contributed by atoms with Gasteiger partial charge in [0, 0.05) is 28.2 Å². The summed E-state index contributed by atoms with van der Waals surface area (Å²) in [5, 5.41) is 8.61. The van der Waals surface area contributed by atoms with Gasteiger partial charge in [0.05, 0.1) is 6.07 Å². The van der Waals surface area contributed by atoms with Crippen LogP contribution in [-0.2, 0) is 16.6 Å². The lowest BCUT2D eigenvalue weighted by molar-refractivity contribution is 0.664. The average molecular weight is 221 g/mol. The van der Waals surface area contributed by atoms with Crippen molar-refractivity contribution in [3.05, 3.63) is 35.9 Å². The number of hydrogen-bond donors (Lipinski definition) is 0. The van der Waals surface area contributed by atoms with Gasteiger partial charge in [0.1, 0.15) is 0 Å². The summed E-state index contributed by atoms with van der Waals surface area (Å²) in [6.07, 6.45) is 1.18. The molecule has 1 aromatic carbocycles. The van der Waals surface area contributed by atoms with E-state index in [0.717, 1.165) is 12.0 Å². The Morgan fingerprint density at radius 2 is 2.07 bits per heavy atom. The first kappa shape index (κ1) is 11.9. The SMILES string of the molecule is CCC(CC#N)S(=O)Cc1ccccc1. The smallest absolute Gasteiger partial charge is 0.0634 e. The molecule has 0 aliphatic carbocycles. The number of benzene rings is 1. The Labute approximate surface area is 93.4 Å². The monoisotopic (exact) mass is 221 g/mol. The van der Waals surface area contributed by atoms with E-state index in [1.54, 1.807) is 0 Å². The Hall–Kier alpha value is -1.14. The van der Waals surface area contributed by atoms with E-state index in [0.29, 0.717) is 12.2 Å². The molecule has 0 saturated carbocycles. The maximum atomic E-state index is 11.9. The Bertz CT molecular complexity index is 356. The van der Waals surface area contributed by atoms with E-state index >= 15 is 0 Å². The van der Waals surface area contributed by atoms with Gasteiger partial charge in [-0.2, -0.15) is 5.26 Å². The van der Waals surface area contributed by atoms with Crippen LogP contribution in [-0.4, -0.2) is 9.46 Å². The van der Waals surface area contributed by atoms with E-state index in [1.165, 1.54) is 0 Å². The van der Waals surface area contributed by atoms with Gasteiger partial charge in [-0.05, 0) is 12.0 Å². The van der Waals surface area contributed by atoms with Gasteiger partial charge in [-0.15, -0.1) is 0 Å². The zero-order valence-corrected chi connectivity index (χ0v) is 9.67. The van der Waals surface area contributed by atoms with Crippen molar-refractivity contribution >= 4 is 10.8 Å². The topological polar surface area (TPSA) is 40.9 Å². The quantitative estimate of drug-likeness (QED) is 0.767. The minimum atomic E-state index is -0.931. The Morgan fingerprint density at radius 3 is 2.60 bits per heavy atom. The molecule has 1 rings (SSSR count). The van der Waals surface area contributed by atoms with Crippen molar-refractivity contribution in [2.75, 3.05) is 0 Å². The zero-order chi connectivity index (χ0) is 11.1. The van der Waals surface area contributed by atoms with Crippen LogP contribution in [0.2, 0.25) is 0 Å². The molecule has 0 radical (unpaired) electrons. The molecule has 2 nitrogen and oxygen atoms in total. The molecule has 2 unspecified atom stereocenters. The lowest BCUT2D eigenvalue weighted by Gasteiger charge is -2.10. The normalized spacial score (nSPS) is 14.1. The molecule has 0 aromatic heterocycles. The summed E-state index contributed by atoms with van der Waals surface area (Å²) in [5.41, 5.74) is 1.08. The molecule has 2 atom stereocenters. The fraction of sp³-hybridized carbons (Fsp3) is 0.417. The van der Waals surface area contributed by atoms with Crippen LogP contribution in [0.4, 0.5) is 0 Å². The molecule has 80 valence electrons. The molecular formula is C12H15NOS. The van der Waals surface area contributed by atoms with Crippen LogP contribution < -0.4 is 0 Å². The van der Waals surface area contributed by atoms with Crippen molar-refractivity contribution in [2.24, 2.45) is 0 Å². The molecule has 1 aromatic rings. The van der Waals surface area contributed by atoms with Gasteiger partial charge in [-0.25, -0.2) is 0 Å². The van der Waals surface area contributed by atoms with E-state index in [2.05, 4.69) is 6.07 Å². The Morgan fingerprint density at radius 1 is 1.40 bits per heavy atom. The van der Waals surface area contributed by atoms with E-state index < -0.39 is 10.8 Å². The van der Waals surface area contributed by atoms with Gasteiger partial charge in [-0.1, -0.05) is 37.3 Å². The number of rotatable bonds is 5. The third kappa shape index (κ3) is 3.85. The lowest BCUT2D eigenvalue weighted by Crippen LogP contribution is -2.15. The first-order valence-electron chi connectivity index (χ1n) is 5.06. The first-order chi connectivity index (χ1) is 7.27. The van der Waals surface area contributed by atoms with Crippen LogP contribution in [0.3, 0.4) is 0 Å². The summed E-state index contributed by atoms with van der Waals surface area (Å²) in [7, 11) is -0.931. The summed E-state index contributed by atoms with van der Waals surface area (Å²) in [6, 6.07) is 11.9. The largest absolute Gasteiger partial charge is 0.259 e. The van der Waals surface area contributed by atoms with Gasteiger partial charge in [0.15, 0.2) is 0 Å². The molecule has 0 aliphatic heterocycles. The van der Waals surface area contributed by atoms with Gasteiger partial charge in [-0.3, -0.25) is 4.21 Å². The third-order valence-electron chi connectivity index (χ3n) is 2.30. The highest BCUT2D eigenvalue weighted by atomic mass is 32.2. The van der Waals surface area contributed by atoms with Crippen molar-refractivity contribution in [3.63, 3.8) is 0 Å². The minimum Gasteiger partial charge on any atom is -0.259 e. The molecule has 3 heteroatoms.